The van der Waals surface area contributed by atoms with E-state index in [1.807, 2.05) is 19.9 Å². The Morgan fingerprint density at radius 2 is 1.72 bits per heavy atom. The monoisotopic (exact) mass is 398 g/mol. The Morgan fingerprint density at radius 3 is 2.34 bits per heavy atom. The van der Waals surface area contributed by atoms with Gasteiger partial charge in [-0.05, 0) is 54.7 Å². The van der Waals surface area contributed by atoms with Crippen LogP contribution in [0.2, 0.25) is 0 Å². The van der Waals surface area contributed by atoms with Crippen LogP contribution in [0.4, 0.5) is 13.2 Å². The number of benzene rings is 2. The van der Waals surface area contributed by atoms with Gasteiger partial charge in [0.15, 0.2) is 11.6 Å². The predicted molar refractivity (Wildman–Crippen MR) is 113 cm³/mol. The molecule has 2 aromatic carbocycles. The summed E-state index contributed by atoms with van der Waals surface area (Å²) in [5, 5.41) is 0. The van der Waals surface area contributed by atoms with E-state index in [-0.39, 0.29) is 17.9 Å². The Labute approximate surface area is 170 Å². The van der Waals surface area contributed by atoms with Crippen LogP contribution < -0.4 is 4.74 Å². The molecule has 1 unspecified atom stereocenters. The minimum Gasteiger partial charge on any atom is -0.491 e. The van der Waals surface area contributed by atoms with Crippen molar-refractivity contribution in [3.8, 4) is 16.9 Å². The van der Waals surface area contributed by atoms with Crippen molar-refractivity contribution in [3.05, 3.63) is 82.5 Å². The third-order valence-corrected chi connectivity index (χ3v) is 5.13. The molecular formula is C25H25F3O. The number of rotatable bonds is 6. The van der Waals surface area contributed by atoms with Crippen LogP contribution in [0.1, 0.15) is 39.2 Å². The smallest absolute Gasteiger partial charge is 0.201 e. The number of halogens is 3. The van der Waals surface area contributed by atoms with E-state index >= 15 is 0 Å². The van der Waals surface area contributed by atoms with Crippen molar-refractivity contribution in [2.45, 2.75) is 39.8 Å². The van der Waals surface area contributed by atoms with Crippen molar-refractivity contribution in [1.82, 2.24) is 0 Å². The van der Waals surface area contributed by atoms with Gasteiger partial charge in [0.05, 0.1) is 6.61 Å². The molecule has 1 aliphatic carbocycles. The summed E-state index contributed by atoms with van der Waals surface area (Å²) in [6.45, 7) is 5.94. The normalized spacial score (nSPS) is 17.0. The summed E-state index contributed by atoms with van der Waals surface area (Å²) >= 11 is 0. The summed E-state index contributed by atoms with van der Waals surface area (Å²) in [4.78, 5) is 0. The second-order valence-corrected chi connectivity index (χ2v) is 7.09. The number of hydrogen-bond acceptors (Lipinski definition) is 1. The Kier molecular flexibility index (Phi) is 6.63. The number of allylic oxidation sites excluding steroid dienone is 5. The standard InChI is InChI=1S/C25H25F3O/c1-4-17-14-16(3)20(22(26)15-17)11-8-18-6-9-19(10-7-18)21-12-13-23(29-5-2)25(28)24(21)27/h6-14,22H,4-5,15H2,1-3H3/b11-8+. The molecule has 0 saturated heterocycles. The quantitative estimate of drug-likeness (QED) is 0.491. The highest BCUT2D eigenvalue weighted by atomic mass is 19.2. The van der Waals surface area contributed by atoms with Crippen molar-refractivity contribution in [1.29, 1.82) is 0 Å². The maximum Gasteiger partial charge on any atom is 0.201 e. The lowest BCUT2D eigenvalue weighted by Gasteiger charge is -2.19. The zero-order chi connectivity index (χ0) is 21.0. The van der Waals surface area contributed by atoms with Crippen molar-refractivity contribution >= 4 is 6.08 Å². The molecule has 0 bridgehead atoms. The third kappa shape index (κ3) is 4.64. The third-order valence-electron chi connectivity index (χ3n) is 5.13. The lowest BCUT2D eigenvalue weighted by molar-refractivity contribution is 0.314. The molecule has 152 valence electrons. The van der Waals surface area contributed by atoms with Gasteiger partial charge in [0.1, 0.15) is 6.17 Å². The van der Waals surface area contributed by atoms with Gasteiger partial charge in [-0.1, -0.05) is 55.0 Å². The Balaban J connectivity index is 1.82. The first kappa shape index (κ1) is 21.0. The van der Waals surface area contributed by atoms with Crippen LogP contribution in [0.3, 0.4) is 0 Å². The Hall–Kier alpha value is -2.75. The summed E-state index contributed by atoms with van der Waals surface area (Å²) in [7, 11) is 0. The van der Waals surface area contributed by atoms with Crippen molar-refractivity contribution < 1.29 is 17.9 Å². The highest BCUT2D eigenvalue weighted by Gasteiger charge is 2.19. The average molecular weight is 398 g/mol. The maximum absolute atomic E-state index is 14.5. The fourth-order valence-electron chi connectivity index (χ4n) is 3.50. The van der Waals surface area contributed by atoms with E-state index < -0.39 is 17.8 Å². The molecule has 29 heavy (non-hydrogen) atoms. The molecule has 1 aliphatic rings. The van der Waals surface area contributed by atoms with E-state index in [0.29, 0.717) is 17.6 Å². The van der Waals surface area contributed by atoms with Gasteiger partial charge in [0, 0.05) is 12.0 Å². The van der Waals surface area contributed by atoms with E-state index in [0.717, 1.165) is 23.1 Å². The molecule has 0 spiro atoms. The first-order valence-electron chi connectivity index (χ1n) is 9.88. The zero-order valence-corrected chi connectivity index (χ0v) is 16.9. The maximum atomic E-state index is 14.5. The number of ether oxygens (including phenoxy) is 1. The minimum absolute atomic E-state index is 0.0921. The molecule has 4 heteroatoms. The second kappa shape index (κ2) is 9.17. The molecule has 3 rings (SSSR count). The summed E-state index contributed by atoms with van der Waals surface area (Å²) in [6, 6.07) is 10.0. The highest BCUT2D eigenvalue weighted by Crippen LogP contribution is 2.31. The Bertz CT molecular complexity index is 968. The summed E-state index contributed by atoms with van der Waals surface area (Å²) in [6.07, 6.45) is 6.01. The molecule has 0 fully saturated rings. The van der Waals surface area contributed by atoms with Crippen LogP contribution in [-0.4, -0.2) is 12.8 Å². The van der Waals surface area contributed by atoms with Crippen LogP contribution in [0.15, 0.2) is 65.3 Å². The fourth-order valence-corrected chi connectivity index (χ4v) is 3.50. The van der Waals surface area contributed by atoms with Crippen LogP contribution >= 0.6 is 0 Å². The predicted octanol–water partition coefficient (Wildman–Crippen LogP) is 7.44. The molecule has 1 atom stereocenters. The topological polar surface area (TPSA) is 9.23 Å². The van der Waals surface area contributed by atoms with Crippen molar-refractivity contribution in [2.75, 3.05) is 6.61 Å². The van der Waals surface area contributed by atoms with Gasteiger partial charge in [0.2, 0.25) is 5.82 Å². The summed E-state index contributed by atoms with van der Waals surface area (Å²) in [5.74, 6) is -2.01. The van der Waals surface area contributed by atoms with E-state index in [1.54, 1.807) is 37.3 Å². The van der Waals surface area contributed by atoms with Crippen LogP contribution in [0.25, 0.3) is 17.2 Å². The Morgan fingerprint density at radius 1 is 1.00 bits per heavy atom. The van der Waals surface area contributed by atoms with Gasteiger partial charge < -0.3 is 4.74 Å². The van der Waals surface area contributed by atoms with Gasteiger partial charge in [-0.3, -0.25) is 0 Å². The van der Waals surface area contributed by atoms with Gasteiger partial charge in [-0.15, -0.1) is 0 Å². The average Bonchev–Trinajstić information content (AvgIpc) is 2.71. The zero-order valence-electron chi connectivity index (χ0n) is 16.9. The van der Waals surface area contributed by atoms with Crippen LogP contribution in [0, 0.1) is 11.6 Å². The van der Waals surface area contributed by atoms with Gasteiger partial charge in [0.25, 0.3) is 0 Å². The molecular weight excluding hydrogens is 373 g/mol. The van der Waals surface area contributed by atoms with Crippen molar-refractivity contribution in [2.24, 2.45) is 0 Å². The first-order chi connectivity index (χ1) is 13.9. The van der Waals surface area contributed by atoms with Gasteiger partial charge in [-0.25, -0.2) is 8.78 Å². The van der Waals surface area contributed by atoms with E-state index in [4.69, 9.17) is 4.74 Å². The number of alkyl halides is 1. The largest absolute Gasteiger partial charge is 0.491 e. The van der Waals surface area contributed by atoms with Gasteiger partial charge in [-0.2, -0.15) is 4.39 Å². The molecule has 0 amide bonds. The minimum atomic E-state index is -0.994. The molecule has 2 aromatic rings. The van der Waals surface area contributed by atoms with Gasteiger partial charge >= 0.3 is 0 Å². The first-order valence-corrected chi connectivity index (χ1v) is 9.88. The van der Waals surface area contributed by atoms with Crippen LogP contribution in [0.5, 0.6) is 5.75 Å². The van der Waals surface area contributed by atoms with Crippen LogP contribution in [-0.2, 0) is 0 Å². The summed E-state index contributed by atoms with van der Waals surface area (Å²) < 4.78 is 48.0. The number of hydrogen-bond donors (Lipinski definition) is 0. The molecule has 0 heterocycles. The van der Waals surface area contributed by atoms with Crippen molar-refractivity contribution in [3.63, 3.8) is 0 Å². The SMILES string of the molecule is CCOc1ccc(-c2ccc(/C=C/C3=C(C)C=C(CC)CC3F)cc2)c(F)c1F. The molecule has 0 aromatic heterocycles. The van der Waals surface area contributed by atoms with E-state index in [9.17, 15) is 13.2 Å². The fraction of sp³-hybridized carbons (Fsp3) is 0.280. The molecule has 0 aliphatic heterocycles. The lowest BCUT2D eigenvalue weighted by atomic mass is 9.90. The highest BCUT2D eigenvalue weighted by molar-refractivity contribution is 5.68. The molecule has 0 N–H and O–H groups in total. The molecule has 0 radical (unpaired) electrons. The molecule has 0 saturated carbocycles. The second-order valence-electron chi connectivity index (χ2n) is 7.09. The van der Waals surface area contributed by atoms with E-state index in [1.165, 1.54) is 12.1 Å². The summed E-state index contributed by atoms with van der Waals surface area (Å²) in [5.41, 5.74) is 4.35. The van der Waals surface area contributed by atoms with E-state index in [2.05, 4.69) is 6.08 Å². The molecule has 1 nitrogen and oxygen atoms in total. The lowest BCUT2D eigenvalue weighted by Crippen LogP contribution is -2.10.